The van der Waals surface area contributed by atoms with Crippen molar-refractivity contribution < 1.29 is 19.4 Å². The summed E-state index contributed by atoms with van der Waals surface area (Å²) < 4.78 is 11.1. The molecule has 5 heteroatoms. The number of hydrogen-bond donors (Lipinski definition) is 1. The Balaban J connectivity index is 1.77. The molecule has 1 amide bonds. The second kappa shape index (κ2) is 6.21. The molecule has 0 bridgehead atoms. The van der Waals surface area contributed by atoms with Gasteiger partial charge in [0.1, 0.15) is 6.23 Å². The van der Waals surface area contributed by atoms with E-state index >= 15 is 0 Å². The van der Waals surface area contributed by atoms with E-state index in [9.17, 15) is 4.79 Å². The average molecular weight is 243 g/mol. The van der Waals surface area contributed by atoms with Gasteiger partial charge in [0, 0.05) is 19.8 Å². The summed E-state index contributed by atoms with van der Waals surface area (Å²) in [5.41, 5.74) is 0. The van der Waals surface area contributed by atoms with Gasteiger partial charge in [0.05, 0.1) is 6.61 Å². The van der Waals surface area contributed by atoms with Crippen LogP contribution in [0.2, 0.25) is 0 Å². The van der Waals surface area contributed by atoms with Crippen molar-refractivity contribution in [2.45, 2.75) is 38.3 Å². The third kappa shape index (κ3) is 3.57. The zero-order valence-corrected chi connectivity index (χ0v) is 10.1. The van der Waals surface area contributed by atoms with Crippen LogP contribution in [0, 0.1) is 5.92 Å². The number of rotatable bonds is 3. The molecule has 0 saturated carbocycles. The molecule has 1 N–H and O–H groups in total. The van der Waals surface area contributed by atoms with Gasteiger partial charge in [-0.2, -0.15) is 0 Å². The van der Waals surface area contributed by atoms with E-state index in [4.69, 9.17) is 14.6 Å². The molecule has 0 aromatic heterocycles. The Kier molecular flexibility index (Phi) is 4.62. The molecule has 1 atom stereocenters. The lowest BCUT2D eigenvalue weighted by atomic mass is 10.0. The molecule has 0 radical (unpaired) electrons. The molecule has 2 aliphatic rings. The van der Waals surface area contributed by atoms with Crippen LogP contribution in [-0.2, 0) is 9.47 Å². The zero-order chi connectivity index (χ0) is 12.1. The number of ether oxygens (including phenoxy) is 2. The van der Waals surface area contributed by atoms with Gasteiger partial charge in [-0.05, 0) is 38.0 Å². The van der Waals surface area contributed by atoms with Gasteiger partial charge in [0.2, 0.25) is 0 Å². The third-order valence-electron chi connectivity index (χ3n) is 3.56. The second-order valence-corrected chi connectivity index (χ2v) is 4.82. The molecule has 0 aromatic rings. The maximum atomic E-state index is 11.0. The van der Waals surface area contributed by atoms with Crippen LogP contribution in [0.3, 0.4) is 0 Å². The number of piperidine rings is 1. The molecule has 2 heterocycles. The summed E-state index contributed by atoms with van der Waals surface area (Å²) in [6, 6.07) is 0. The molecule has 2 rings (SSSR count). The Bertz CT molecular complexity index is 253. The van der Waals surface area contributed by atoms with Gasteiger partial charge in [0.15, 0.2) is 0 Å². The summed E-state index contributed by atoms with van der Waals surface area (Å²) >= 11 is 0. The lowest BCUT2D eigenvalue weighted by Crippen LogP contribution is -2.45. The lowest BCUT2D eigenvalue weighted by Gasteiger charge is -2.34. The molecule has 0 aliphatic carbocycles. The normalized spacial score (nSPS) is 27.1. The van der Waals surface area contributed by atoms with Crippen LogP contribution in [0.1, 0.15) is 32.1 Å². The Morgan fingerprint density at radius 3 is 2.76 bits per heavy atom. The minimum Gasteiger partial charge on any atom is -0.465 e. The summed E-state index contributed by atoms with van der Waals surface area (Å²) in [7, 11) is 0. The van der Waals surface area contributed by atoms with Gasteiger partial charge in [-0.25, -0.2) is 4.79 Å². The lowest BCUT2D eigenvalue weighted by molar-refractivity contribution is -0.0874. The van der Waals surface area contributed by atoms with Crippen LogP contribution in [0.15, 0.2) is 0 Å². The van der Waals surface area contributed by atoms with Crippen molar-refractivity contribution in [3.8, 4) is 0 Å². The van der Waals surface area contributed by atoms with Crippen molar-refractivity contribution in [3.05, 3.63) is 0 Å². The van der Waals surface area contributed by atoms with Gasteiger partial charge < -0.3 is 14.6 Å². The predicted molar refractivity (Wildman–Crippen MR) is 61.9 cm³/mol. The fraction of sp³-hybridized carbons (Fsp3) is 0.917. The number of carboxylic acid groups (broad SMARTS) is 1. The highest BCUT2D eigenvalue weighted by Crippen LogP contribution is 2.21. The van der Waals surface area contributed by atoms with Crippen molar-refractivity contribution in [3.63, 3.8) is 0 Å². The third-order valence-corrected chi connectivity index (χ3v) is 3.56. The Labute approximate surface area is 102 Å². The van der Waals surface area contributed by atoms with Gasteiger partial charge in [-0.3, -0.25) is 4.90 Å². The van der Waals surface area contributed by atoms with Crippen LogP contribution in [0.25, 0.3) is 0 Å². The first-order valence-electron chi connectivity index (χ1n) is 6.46. The van der Waals surface area contributed by atoms with Gasteiger partial charge in [-0.1, -0.05) is 0 Å². The number of amides is 1. The summed E-state index contributed by atoms with van der Waals surface area (Å²) in [4.78, 5) is 12.5. The van der Waals surface area contributed by atoms with E-state index < -0.39 is 6.09 Å². The van der Waals surface area contributed by atoms with Crippen LogP contribution in [-0.4, -0.2) is 48.7 Å². The highest BCUT2D eigenvalue weighted by molar-refractivity contribution is 5.65. The monoisotopic (exact) mass is 243 g/mol. The van der Waals surface area contributed by atoms with Gasteiger partial charge in [0.25, 0.3) is 0 Å². The smallest absolute Gasteiger partial charge is 0.409 e. The molecular formula is C12H21NO4. The van der Waals surface area contributed by atoms with E-state index in [0.717, 1.165) is 45.3 Å². The summed E-state index contributed by atoms with van der Waals surface area (Å²) in [6.45, 7) is 2.88. The van der Waals surface area contributed by atoms with Crippen LogP contribution in [0.5, 0.6) is 0 Å². The maximum absolute atomic E-state index is 11.0. The molecule has 1 unspecified atom stereocenters. The van der Waals surface area contributed by atoms with E-state index in [1.54, 1.807) is 0 Å². The first-order valence-corrected chi connectivity index (χ1v) is 6.46. The topological polar surface area (TPSA) is 59.0 Å². The minimum absolute atomic E-state index is 0.232. The molecule has 2 saturated heterocycles. The highest BCUT2D eigenvalue weighted by atomic mass is 16.5. The molecule has 17 heavy (non-hydrogen) atoms. The number of nitrogens with zero attached hydrogens (tertiary/aromatic N) is 1. The second-order valence-electron chi connectivity index (χ2n) is 4.82. The summed E-state index contributed by atoms with van der Waals surface area (Å²) in [6.07, 6.45) is 3.80. The highest BCUT2D eigenvalue weighted by Gasteiger charge is 2.27. The minimum atomic E-state index is -0.860. The van der Waals surface area contributed by atoms with Crippen molar-refractivity contribution >= 4 is 6.09 Å². The van der Waals surface area contributed by atoms with Gasteiger partial charge in [-0.15, -0.1) is 0 Å². The first kappa shape index (κ1) is 12.6. The number of hydrogen-bond acceptors (Lipinski definition) is 3. The van der Waals surface area contributed by atoms with Crippen LogP contribution >= 0.6 is 0 Å². The Morgan fingerprint density at radius 2 is 2.06 bits per heavy atom. The molecule has 98 valence electrons. The van der Waals surface area contributed by atoms with Crippen LogP contribution < -0.4 is 0 Å². The van der Waals surface area contributed by atoms with Crippen molar-refractivity contribution in [2.24, 2.45) is 5.92 Å². The largest absolute Gasteiger partial charge is 0.465 e. The standard InChI is InChI=1S/C12H21NO4/c14-12(15)13-6-2-1-3-11(13)17-9-10-4-7-16-8-5-10/h10-11H,1-9H2,(H,14,15). The SMILES string of the molecule is O=C(O)N1CCCCC1OCC1CCOCC1. The number of likely N-dealkylation sites (tertiary alicyclic amines) is 1. The quantitative estimate of drug-likeness (QED) is 0.822. The molecular weight excluding hydrogens is 222 g/mol. The Morgan fingerprint density at radius 1 is 1.29 bits per heavy atom. The summed E-state index contributed by atoms with van der Waals surface area (Å²) in [5, 5.41) is 9.07. The van der Waals surface area contributed by atoms with E-state index in [1.165, 1.54) is 4.90 Å². The fourth-order valence-electron chi connectivity index (χ4n) is 2.45. The van der Waals surface area contributed by atoms with Crippen molar-refractivity contribution in [1.82, 2.24) is 4.90 Å². The molecule has 0 spiro atoms. The van der Waals surface area contributed by atoms with Crippen LogP contribution in [0.4, 0.5) is 4.79 Å². The molecule has 2 aliphatic heterocycles. The predicted octanol–water partition coefficient (Wildman–Crippen LogP) is 1.92. The molecule has 5 nitrogen and oxygen atoms in total. The van der Waals surface area contributed by atoms with Gasteiger partial charge >= 0.3 is 6.09 Å². The maximum Gasteiger partial charge on any atom is 0.409 e. The molecule has 2 fully saturated rings. The average Bonchev–Trinajstić information content (AvgIpc) is 2.38. The van der Waals surface area contributed by atoms with Crippen molar-refractivity contribution in [1.29, 1.82) is 0 Å². The first-order chi connectivity index (χ1) is 8.27. The Hall–Kier alpha value is -0.810. The summed E-state index contributed by atoms with van der Waals surface area (Å²) in [5.74, 6) is 0.529. The fourth-order valence-corrected chi connectivity index (χ4v) is 2.45. The van der Waals surface area contributed by atoms with E-state index in [0.29, 0.717) is 19.1 Å². The molecule has 0 aromatic carbocycles. The van der Waals surface area contributed by atoms with E-state index in [1.807, 2.05) is 0 Å². The zero-order valence-electron chi connectivity index (χ0n) is 10.1. The van der Waals surface area contributed by atoms with E-state index in [-0.39, 0.29) is 6.23 Å². The van der Waals surface area contributed by atoms with Crippen molar-refractivity contribution in [2.75, 3.05) is 26.4 Å². The number of carbonyl (C=O) groups is 1. The van der Waals surface area contributed by atoms with E-state index in [2.05, 4.69) is 0 Å².